The fourth-order valence-corrected chi connectivity index (χ4v) is 3.61. The summed E-state index contributed by atoms with van der Waals surface area (Å²) in [6.45, 7) is 6.33. The van der Waals surface area contributed by atoms with Gasteiger partial charge in [-0.3, -0.25) is 9.59 Å². The van der Waals surface area contributed by atoms with Gasteiger partial charge in [-0.15, -0.1) is 0 Å². The first kappa shape index (κ1) is 21.7. The van der Waals surface area contributed by atoms with Gasteiger partial charge in [0.1, 0.15) is 5.75 Å². The topological polar surface area (TPSA) is 67.9 Å². The van der Waals surface area contributed by atoms with Gasteiger partial charge in [0.15, 0.2) is 6.61 Å². The number of hydrogen-bond acceptors (Lipinski definition) is 5. The Kier molecular flexibility index (Phi) is 7.71. The van der Waals surface area contributed by atoms with Crippen molar-refractivity contribution in [2.24, 2.45) is 0 Å². The van der Waals surface area contributed by atoms with Crippen molar-refractivity contribution in [1.82, 2.24) is 0 Å². The average Bonchev–Trinajstić information content (AvgIpc) is 3.28. The predicted octanol–water partition coefficient (Wildman–Crippen LogP) is 4.11. The lowest BCUT2D eigenvalue weighted by Gasteiger charge is -2.19. The van der Waals surface area contributed by atoms with Crippen LogP contribution in [-0.4, -0.2) is 38.2 Å². The zero-order chi connectivity index (χ0) is 21.3. The number of rotatable bonds is 9. The average molecular weight is 411 g/mol. The highest BCUT2D eigenvalue weighted by atomic mass is 16.5. The first-order valence-electron chi connectivity index (χ1n) is 10.6. The van der Waals surface area contributed by atoms with E-state index in [1.54, 1.807) is 0 Å². The van der Waals surface area contributed by atoms with Crippen LogP contribution in [-0.2, 0) is 20.7 Å². The van der Waals surface area contributed by atoms with Crippen molar-refractivity contribution >= 4 is 23.3 Å². The third-order valence-electron chi connectivity index (χ3n) is 5.19. The number of nitrogens with zero attached hydrogens (tertiary/aromatic N) is 1. The number of carbonyl (C=O) groups excluding carboxylic acids is 2. The van der Waals surface area contributed by atoms with Gasteiger partial charge in [-0.25, -0.2) is 0 Å². The van der Waals surface area contributed by atoms with Crippen LogP contribution in [0.3, 0.4) is 0 Å². The molecular weight excluding hydrogens is 380 g/mol. The van der Waals surface area contributed by atoms with Crippen molar-refractivity contribution in [3.8, 4) is 5.75 Å². The predicted molar refractivity (Wildman–Crippen MR) is 118 cm³/mol. The molecule has 1 fully saturated rings. The van der Waals surface area contributed by atoms with Crippen molar-refractivity contribution in [3.63, 3.8) is 0 Å². The van der Waals surface area contributed by atoms with Crippen molar-refractivity contribution in [2.75, 3.05) is 36.5 Å². The second kappa shape index (κ2) is 10.7. The maximum Gasteiger partial charge on any atom is 0.306 e. The van der Waals surface area contributed by atoms with E-state index in [2.05, 4.69) is 16.3 Å². The highest BCUT2D eigenvalue weighted by Gasteiger charge is 2.14. The minimum absolute atomic E-state index is 0.195. The zero-order valence-corrected chi connectivity index (χ0v) is 17.8. The van der Waals surface area contributed by atoms with Crippen LogP contribution in [0.1, 0.15) is 37.3 Å². The fourth-order valence-electron chi connectivity index (χ4n) is 3.61. The van der Waals surface area contributed by atoms with Gasteiger partial charge in [0.25, 0.3) is 5.91 Å². The molecule has 0 unspecified atom stereocenters. The smallest absolute Gasteiger partial charge is 0.306 e. The van der Waals surface area contributed by atoms with Gasteiger partial charge in [0.05, 0.1) is 6.61 Å². The van der Waals surface area contributed by atoms with E-state index in [1.807, 2.05) is 50.2 Å². The number of aryl methyl sites for hydroxylation is 2. The van der Waals surface area contributed by atoms with Crippen molar-refractivity contribution < 1.29 is 19.1 Å². The molecule has 0 saturated carbocycles. The molecule has 2 aromatic rings. The largest absolute Gasteiger partial charge is 0.494 e. The Hall–Kier alpha value is -3.02. The van der Waals surface area contributed by atoms with Crippen LogP contribution in [0, 0.1) is 6.92 Å². The normalized spacial score (nSPS) is 13.2. The van der Waals surface area contributed by atoms with Gasteiger partial charge in [0, 0.05) is 30.9 Å². The number of amides is 1. The summed E-state index contributed by atoms with van der Waals surface area (Å²) in [5.41, 5.74) is 3.87. The molecule has 3 rings (SSSR count). The summed E-state index contributed by atoms with van der Waals surface area (Å²) in [4.78, 5) is 26.6. The molecule has 0 bridgehead atoms. The standard InChI is InChI=1S/C24H30N2O4/c1-3-29-22-9-5-4-8-19(22)10-13-24(28)30-17-23(27)25-21-12-11-20(16-18(21)2)26-14-6-7-15-26/h4-5,8-9,11-12,16H,3,6-7,10,13-15,17H2,1-2H3,(H,25,27). The molecule has 1 aliphatic heterocycles. The van der Waals surface area contributed by atoms with Gasteiger partial charge >= 0.3 is 5.97 Å². The highest BCUT2D eigenvalue weighted by Crippen LogP contribution is 2.25. The number of esters is 1. The molecule has 1 aliphatic rings. The van der Waals surface area contributed by atoms with Crippen LogP contribution in [0.25, 0.3) is 0 Å². The van der Waals surface area contributed by atoms with Crippen LogP contribution in [0.2, 0.25) is 0 Å². The van der Waals surface area contributed by atoms with Crippen LogP contribution in [0.5, 0.6) is 5.75 Å². The third kappa shape index (κ3) is 5.99. The molecule has 1 amide bonds. The van der Waals surface area contributed by atoms with E-state index in [0.29, 0.717) is 13.0 Å². The monoisotopic (exact) mass is 410 g/mol. The van der Waals surface area contributed by atoms with E-state index >= 15 is 0 Å². The SMILES string of the molecule is CCOc1ccccc1CCC(=O)OCC(=O)Nc1ccc(N2CCCC2)cc1C. The Bertz CT molecular complexity index is 875. The highest BCUT2D eigenvalue weighted by molar-refractivity contribution is 5.93. The quantitative estimate of drug-likeness (QED) is 0.630. The zero-order valence-electron chi connectivity index (χ0n) is 17.8. The first-order valence-corrected chi connectivity index (χ1v) is 10.6. The lowest BCUT2D eigenvalue weighted by Crippen LogP contribution is -2.22. The molecule has 1 N–H and O–H groups in total. The molecule has 0 aromatic heterocycles. The number of para-hydroxylation sites is 1. The van der Waals surface area contributed by atoms with Gasteiger partial charge in [-0.2, -0.15) is 0 Å². The van der Waals surface area contributed by atoms with E-state index in [1.165, 1.54) is 18.5 Å². The summed E-state index contributed by atoms with van der Waals surface area (Å²) in [6, 6.07) is 13.6. The summed E-state index contributed by atoms with van der Waals surface area (Å²) in [6.07, 6.45) is 3.15. The number of ether oxygens (including phenoxy) is 2. The number of anilines is 2. The third-order valence-corrected chi connectivity index (χ3v) is 5.19. The maximum absolute atomic E-state index is 12.2. The molecule has 1 heterocycles. The fraction of sp³-hybridized carbons (Fsp3) is 0.417. The second-order valence-corrected chi connectivity index (χ2v) is 7.44. The molecule has 6 heteroatoms. The van der Waals surface area contributed by atoms with Crippen LogP contribution < -0.4 is 15.0 Å². The van der Waals surface area contributed by atoms with Crippen molar-refractivity contribution in [2.45, 2.75) is 39.5 Å². The van der Waals surface area contributed by atoms with E-state index in [-0.39, 0.29) is 18.9 Å². The molecule has 2 aromatic carbocycles. The van der Waals surface area contributed by atoms with Crippen LogP contribution in [0.15, 0.2) is 42.5 Å². The lowest BCUT2D eigenvalue weighted by molar-refractivity contribution is -0.147. The molecular formula is C24H30N2O4. The maximum atomic E-state index is 12.2. The minimum atomic E-state index is -0.405. The number of carbonyl (C=O) groups is 2. The van der Waals surface area contributed by atoms with Gasteiger partial charge in [0.2, 0.25) is 0 Å². The summed E-state index contributed by atoms with van der Waals surface area (Å²) in [5, 5.41) is 2.83. The summed E-state index contributed by atoms with van der Waals surface area (Å²) in [5.74, 6) is 0.0334. The number of benzene rings is 2. The number of nitrogens with one attached hydrogen (secondary N) is 1. The second-order valence-electron chi connectivity index (χ2n) is 7.44. The summed E-state index contributed by atoms with van der Waals surface area (Å²) < 4.78 is 10.7. The number of hydrogen-bond donors (Lipinski definition) is 1. The molecule has 0 aliphatic carbocycles. The summed E-state index contributed by atoms with van der Waals surface area (Å²) in [7, 11) is 0. The van der Waals surface area contributed by atoms with E-state index in [4.69, 9.17) is 9.47 Å². The minimum Gasteiger partial charge on any atom is -0.494 e. The van der Waals surface area contributed by atoms with Gasteiger partial charge < -0.3 is 19.7 Å². The van der Waals surface area contributed by atoms with Crippen LogP contribution >= 0.6 is 0 Å². The van der Waals surface area contributed by atoms with Crippen LogP contribution in [0.4, 0.5) is 11.4 Å². The molecule has 0 radical (unpaired) electrons. The Labute approximate surface area is 178 Å². The van der Waals surface area contributed by atoms with Gasteiger partial charge in [-0.05, 0) is 68.5 Å². The lowest BCUT2D eigenvalue weighted by atomic mass is 10.1. The molecule has 6 nitrogen and oxygen atoms in total. The van der Waals surface area contributed by atoms with E-state index < -0.39 is 5.97 Å². The Morgan fingerprint density at radius 3 is 2.60 bits per heavy atom. The molecule has 160 valence electrons. The Morgan fingerprint density at radius 2 is 1.87 bits per heavy atom. The van der Waals surface area contributed by atoms with E-state index in [9.17, 15) is 9.59 Å². The summed E-state index contributed by atoms with van der Waals surface area (Å²) >= 11 is 0. The Morgan fingerprint density at radius 1 is 1.10 bits per heavy atom. The molecule has 1 saturated heterocycles. The molecule has 0 atom stereocenters. The van der Waals surface area contributed by atoms with Crippen molar-refractivity contribution in [3.05, 3.63) is 53.6 Å². The first-order chi connectivity index (χ1) is 14.6. The van der Waals surface area contributed by atoms with Crippen molar-refractivity contribution in [1.29, 1.82) is 0 Å². The molecule has 30 heavy (non-hydrogen) atoms. The van der Waals surface area contributed by atoms with E-state index in [0.717, 1.165) is 35.7 Å². The van der Waals surface area contributed by atoms with Gasteiger partial charge in [-0.1, -0.05) is 18.2 Å². The Balaban J connectivity index is 1.44. The molecule has 0 spiro atoms.